The fraction of sp³-hybridized carbons (Fsp3) is 0.231. The van der Waals surface area contributed by atoms with Crippen molar-refractivity contribution in [3.05, 3.63) is 67.1 Å². The molecule has 1 atom stereocenters. The van der Waals surface area contributed by atoms with E-state index in [-0.39, 0.29) is 11.7 Å². The van der Waals surface area contributed by atoms with Gasteiger partial charge in [-0.05, 0) is 56.4 Å². The lowest BCUT2D eigenvalue weighted by molar-refractivity contribution is -0.111. The summed E-state index contributed by atoms with van der Waals surface area (Å²) in [4.78, 5) is 25.5. The van der Waals surface area contributed by atoms with Gasteiger partial charge in [-0.25, -0.2) is 14.4 Å². The molecule has 3 heterocycles. The fourth-order valence-corrected chi connectivity index (χ4v) is 4.39. The Labute approximate surface area is 207 Å². The van der Waals surface area contributed by atoms with Crippen LogP contribution in [0.25, 0.3) is 22.4 Å². The molecule has 0 saturated carbocycles. The summed E-state index contributed by atoms with van der Waals surface area (Å²) in [7, 11) is 4.14. The molecule has 184 valence electrons. The van der Waals surface area contributed by atoms with Crippen LogP contribution in [0.4, 0.5) is 27.4 Å². The number of amides is 1. The van der Waals surface area contributed by atoms with Crippen LogP contribution in [0.2, 0.25) is 0 Å². The van der Waals surface area contributed by atoms with Gasteiger partial charge in [0.05, 0.1) is 17.6 Å². The zero-order chi connectivity index (χ0) is 25.2. The van der Waals surface area contributed by atoms with Gasteiger partial charge in [0.25, 0.3) is 0 Å². The van der Waals surface area contributed by atoms with Crippen LogP contribution in [0, 0.1) is 5.82 Å². The second-order valence-corrected chi connectivity index (χ2v) is 8.81. The Bertz CT molecular complexity index is 1440. The van der Waals surface area contributed by atoms with Gasteiger partial charge in [-0.1, -0.05) is 23.9 Å². The highest BCUT2D eigenvalue weighted by atomic mass is 19.1. The quantitative estimate of drug-likeness (QED) is 0.370. The first-order valence-corrected chi connectivity index (χ1v) is 11.6. The number of likely N-dealkylation sites (N-methyl/N-ethyl adjacent to an activating group) is 2. The predicted octanol–water partition coefficient (Wildman–Crippen LogP) is 4.43. The molecule has 1 amide bonds. The summed E-state index contributed by atoms with van der Waals surface area (Å²) >= 11 is 0. The van der Waals surface area contributed by atoms with Crippen molar-refractivity contribution in [2.24, 2.45) is 0 Å². The Kier molecular flexibility index (Phi) is 6.34. The van der Waals surface area contributed by atoms with Crippen LogP contribution in [0.3, 0.4) is 0 Å². The Morgan fingerprint density at radius 1 is 1.31 bits per heavy atom. The first-order valence-electron chi connectivity index (χ1n) is 11.6. The topological polar surface area (TPSA) is 99.4 Å². The molecule has 0 radical (unpaired) electrons. The first kappa shape index (κ1) is 23.4. The number of nitrogens with one attached hydrogen (secondary N) is 2. The molecule has 9 nitrogen and oxygen atoms in total. The zero-order valence-corrected chi connectivity index (χ0v) is 20.0. The number of halogens is 1. The summed E-state index contributed by atoms with van der Waals surface area (Å²) in [6, 6.07) is 12.1. The Balaban J connectivity index is 1.45. The van der Waals surface area contributed by atoms with Gasteiger partial charge in [0, 0.05) is 30.9 Å². The van der Waals surface area contributed by atoms with Crippen molar-refractivity contribution >= 4 is 40.0 Å². The number of nitrogens with zero attached hydrogens (tertiary/aromatic N) is 5. The molecular weight excluding hydrogens is 461 g/mol. The van der Waals surface area contributed by atoms with Crippen molar-refractivity contribution in [2.45, 2.75) is 12.5 Å². The number of hydrogen-bond donors (Lipinski definition) is 2. The Morgan fingerprint density at radius 3 is 2.92 bits per heavy atom. The SMILES string of the molecule is C=CC(=O)Nc1cc(Nc2ncc3onc(-c4cccc(F)c4)c3n2)ccc1N(C)C1CCN(C)C1. The number of rotatable bonds is 7. The average molecular weight is 488 g/mol. The molecule has 1 saturated heterocycles. The van der Waals surface area contributed by atoms with Crippen molar-refractivity contribution in [1.82, 2.24) is 20.0 Å². The second-order valence-electron chi connectivity index (χ2n) is 8.81. The van der Waals surface area contributed by atoms with Gasteiger partial charge >= 0.3 is 0 Å². The number of likely N-dealkylation sites (tertiary alicyclic amines) is 1. The van der Waals surface area contributed by atoms with Crippen LogP contribution in [0.15, 0.2) is 65.8 Å². The molecule has 0 bridgehead atoms. The van der Waals surface area contributed by atoms with E-state index in [1.165, 1.54) is 24.4 Å². The van der Waals surface area contributed by atoms with Crippen molar-refractivity contribution in [2.75, 3.05) is 42.7 Å². The molecule has 36 heavy (non-hydrogen) atoms. The summed E-state index contributed by atoms with van der Waals surface area (Å²) in [6.07, 6.45) is 3.80. The Morgan fingerprint density at radius 2 is 2.17 bits per heavy atom. The number of aromatic nitrogens is 3. The summed E-state index contributed by atoms with van der Waals surface area (Å²) < 4.78 is 19.1. The van der Waals surface area contributed by atoms with Crippen LogP contribution >= 0.6 is 0 Å². The molecule has 1 unspecified atom stereocenters. The molecule has 2 aromatic heterocycles. The molecule has 5 rings (SSSR count). The van der Waals surface area contributed by atoms with Gasteiger partial charge in [-0.15, -0.1) is 0 Å². The largest absolute Gasteiger partial charge is 0.369 e. The highest BCUT2D eigenvalue weighted by Crippen LogP contribution is 2.33. The molecule has 0 spiro atoms. The summed E-state index contributed by atoms with van der Waals surface area (Å²) in [6.45, 7) is 5.55. The normalized spacial score (nSPS) is 15.7. The van der Waals surface area contributed by atoms with E-state index in [0.29, 0.717) is 45.7 Å². The van der Waals surface area contributed by atoms with Crippen LogP contribution in [0.1, 0.15) is 6.42 Å². The van der Waals surface area contributed by atoms with Gasteiger partial charge in [-0.3, -0.25) is 4.79 Å². The van der Waals surface area contributed by atoms with Crippen LogP contribution in [0.5, 0.6) is 0 Å². The average Bonchev–Trinajstić information content (AvgIpc) is 3.50. The zero-order valence-electron chi connectivity index (χ0n) is 20.0. The fourth-order valence-electron chi connectivity index (χ4n) is 4.39. The number of anilines is 4. The number of benzene rings is 2. The maximum atomic E-state index is 13.7. The molecule has 1 fully saturated rings. The monoisotopic (exact) mass is 487 g/mol. The lowest BCUT2D eigenvalue weighted by Crippen LogP contribution is -2.34. The minimum Gasteiger partial charge on any atom is -0.369 e. The van der Waals surface area contributed by atoms with E-state index in [1.807, 2.05) is 25.2 Å². The van der Waals surface area contributed by atoms with Crippen LogP contribution in [-0.2, 0) is 4.79 Å². The molecule has 1 aliphatic rings. The van der Waals surface area contributed by atoms with Crippen molar-refractivity contribution in [1.29, 1.82) is 0 Å². The third-order valence-electron chi connectivity index (χ3n) is 6.30. The van der Waals surface area contributed by atoms with Crippen LogP contribution < -0.4 is 15.5 Å². The lowest BCUT2D eigenvalue weighted by Gasteiger charge is -2.29. The van der Waals surface area contributed by atoms with Gasteiger partial charge < -0.3 is 25.0 Å². The maximum absolute atomic E-state index is 13.7. The standard InChI is InChI=1S/C26H26FN7O2/c1-4-23(35)30-20-13-18(8-9-21(20)34(3)19-10-11-33(2)15-19)29-26-28-14-22-25(31-26)24(32-36-22)16-6-5-7-17(27)12-16/h4-9,12-14,19H,1,10-11,15H2,2-3H3,(H,30,35)(H,28,29,31). The molecule has 10 heteroatoms. The number of carbonyl (C=O) groups is 1. The first-order chi connectivity index (χ1) is 17.4. The van der Waals surface area contributed by atoms with Gasteiger partial charge in [0.1, 0.15) is 17.0 Å². The lowest BCUT2D eigenvalue weighted by atomic mass is 10.1. The van der Waals surface area contributed by atoms with Crippen molar-refractivity contribution in [3.8, 4) is 11.3 Å². The third kappa shape index (κ3) is 4.76. The minimum atomic E-state index is -0.375. The highest BCUT2D eigenvalue weighted by molar-refractivity contribution is 6.01. The van der Waals surface area contributed by atoms with Gasteiger partial charge in [0.2, 0.25) is 17.4 Å². The third-order valence-corrected chi connectivity index (χ3v) is 6.30. The molecule has 2 N–H and O–H groups in total. The number of carbonyl (C=O) groups excluding carboxylic acids is 1. The van der Waals surface area contributed by atoms with Crippen molar-refractivity contribution in [3.63, 3.8) is 0 Å². The summed E-state index contributed by atoms with van der Waals surface area (Å²) in [5.74, 6) is -0.366. The molecule has 4 aromatic rings. The number of hydrogen-bond acceptors (Lipinski definition) is 8. The summed E-state index contributed by atoms with van der Waals surface area (Å²) in [5.41, 5.74) is 4.05. The number of fused-ring (bicyclic) bond motifs is 1. The van der Waals surface area contributed by atoms with Crippen molar-refractivity contribution < 1.29 is 13.7 Å². The van der Waals surface area contributed by atoms with E-state index < -0.39 is 0 Å². The molecule has 0 aliphatic carbocycles. The molecule has 1 aliphatic heterocycles. The van der Waals surface area contributed by atoms with E-state index in [9.17, 15) is 9.18 Å². The van der Waals surface area contributed by atoms with E-state index >= 15 is 0 Å². The van der Waals surface area contributed by atoms with Gasteiger partial charge in [0.15, 0.2) is 0 Å². The van der Waals surface area contributed by atoms with E-state index in [1.54, 1.807) is 12.1 Å². The minimum absolute atomic E-state index is 0.299. The molecular formula is C26H26FN7O2. The summed E-state index contributed by atoms with van der Waals surface area (Å²) in [5, 5.41) is 10.1. The van der Waals surface area contributed by atoms with E-state index in [4.69, 9.17) is 4.52 Å². The second kappa shape index (κ2) is 9.74. The van der Waals surface area contributed by atoms with E-state index in [2.05, 4.69) is 49.2 Å². The molecule has 2 aromatic carbocycles. The Hall–Kier alpha value is -4.31. The smallest absolute Gasteiger partial charge is 0.247 e. The van der Waals surface area contributed by atoms with Gasteiger partial charge in [-0.2, -0.15) is 0 Å². The maximum Gasteiger partial charge on any atom is 0.247 e. The highest BCUT2D eigenvalue weighted by Gasteiger charge is 2.25. The predicted molar refractivity (Wildman–Crippen MR) is 138 cm³/mol. The van der Waals surface area contributed by atoms with Crippen LogP contribution in [-0.4, -0.2) is 59.2 Å². The van der Waals surface area contributed by atoms with E-state index in [0.717, 1.165) is 25.2 Å².